The SMILES string of the molecule is CC(C)(C)C(=O)N1CCC(CN[C@@]2(CO)CCc3ccccc32)CC1. The van der Waals surface area contributed by atoms with Crippen molar-refractivity contribution in [3.05, 3.63) is 35.4 Å². The molecule has 0 radical (unpaired) electrons. The summed E-state index contributed by atoms with van der Waals surface area (Å²) in [6, 6.07) is 8.46. The number of piperidine rings is 1. The molecule has 0 aromatic heterocycles. The number of hydrogen-bond donors (Lipinski definition) is 2. The Bertz CT molecular complexity index is 615. The van der Waals surface area contributed by atoms with Gasteiger partial charge in [-0.15, -0.1) is 0 Å². The highest BCUT2D eigenvalue weighted by molar-refractivity contribution is 5.81. The molecule has 2 aliphatic rings. The molecule has 0 bridgehead atoms. The lowest BCUT2D eigenvalue weighted by Crippen LogP contribution is -2.49. The highest BCUT2D eigenvalue weighted by atomic mass is 16.3. The summed E-state index contributed by atoms with van der Waals surface area (Å²) in [5.41, 5.74) is 2.04. The summed E-state index contributed by atoms with van der Waals surface area (Å²) in [4.78, 5) is 14.4. The summed E-state index contributed by atoms with van der Waals surface area (Å²) in [6.07, 6.45) is 4.07. The van der Waals surface area contributed by atoms with Gasteiger partial charge >= 0.3 is 0 Å². The lowest BCUT2D eigenvalue weighted by molar-refractivity contribution is -0.140. The third-order valence-electron chi connectivity index (χ3n) is 5.90. The standard InChI is InChI=1S/C21H32N2O2/c1-20(2,3)19(25)23-12-9-16(10-13-23)14-22-21(15-24)11-8-17-6-4-5-7-18(17)21/h4-7,16,22,24H,8-15H2,1-3H3/t21-/m1/s1. The van der Waals surface area contributed by atoms with Gasteiger partial charge in [-0.3, -0.25) is 4.79 Å². The van der Waals surface area contributed by atoms with Gasteiger partial charge in [0, 0.05) is 18.5 Å². The molecule has 1 aliphatic carbocycles. The maximum absolute atomic E-state index is 12.4. The summed E-state index contributed by atoms with van der Waals surface area (Å²) < 4.78 is 0. The molecule has 0 saturated carbocycles. The number of fused-ring (bicyclic) bond motifs is 1. The van der Waals surface area contributed by atoms with Crippen LogP contribution in [0.3, 0.4) is 0 Å². The van der Waals surface area contributed by atoms with E-state index in [1.165, 1.54) is 11.1 Å². The number of benzene rings is 1. The molecule has 25 heavy (non-hydrogen) atoms. The average Bonchev–Trinajstić information content (AvgIpc) is 2.98. The van der Waals surface area contributed by atoms with Crippen molar-refractivity contribution in [1.82, 2.24) is 10.2 Å². The van der Waals surface area contributed by atoms with Gasteiger partial charge in [0.05, 0.1) is 12.1 Å². The van der Waals surface area contributed by atoms with Crippen molar-refractivity contribution < 1.29 is 9.90 Å². The zero-order chi connectivity index (χ0) is 18.1. The van der Waals surface area contributed by atoms with E-state index in [1.807, 2.05) is 25.7 Å². The molecule has 1 amide bonds. The van der Waals surface area contributed by atoms with Crippen LogP contribution in [0, 0.1) is 11.3 Å². The Morgan fingerprint density at radius 1 is 1.28 bits per heavy atom. The summed E-state index contributed by atoms with van der Waals surface area (Å²) in [7, 11) is 0. The average molecular weight is 344 g/mol. The summed E-state index contributed by atoms with van der Waals surface area (Å²) in [5.74, 6) is 0.829. The smallest absolute Gasteiger partial charge is 0.227 e. The fourth-order valence-electron chi connectivity index (χ4n) is 4.25. The first-order valence-corrected chi connectivity index (χ1v) is 9.59. The molecule has 1 heterocycles. The molecule has 138 valence electrons. The molecule has 1 fully saturated rings. The van der Waals surface area contributed by atoms with Crippen molar-refractivity contribution in [2.45, 2.75) is 52.0 Å². The number of aliphatic hydroxyl groups excluding tert-OH is 1. The van der Waals surface area contributed by atoms with Crippen molar-refractivity contribution in [2.24, 2.45) is 11.3 Å². The molecule has 4 heteroatoms. The predicted octanol–water partition coefficient (Wildman–Crippen LogP) is 2.69. The number of rotatable bonds is 4. The Morgan fingerprint density at radius 2 is 1.96 bits per heavy atom. The highest BCUT2D eigenvalue weighted by Crippen LogP contribution is 2.37. The third-order valence-corrected chi connectivity index (χ3v) is 5.90. The van der Waals surface area contributed by atoms with Crippen LogP contribution in [0.4, 0.5) is 0 Å². The molecule has 3 rings (SSSR count). The van der Waals surface area contributed by atoms with E-state index in [1.54, 1.807) is 0 Å². The first kappa shape index (κ1) is 18.4. The van der Waals surface area contributed by atoms with Crippen molar-refractivity contribution in [3.63, 3.8) is 0 Å². The number of amides is 1. The topological polar surface area (TPSA) is 52.6 Å². The Hall–Kier alpha value is -1.39. The molecule has 1 aromatic rings. The predicted molar refractivity (Wildman–Crippen MR) is 100 cm³/mol. The molecule has 4 nitrogen and oxygen atoms in total. The second-order valence-electron chi connectivity index (χ2n) is 8.76. The lowest BCUT2D eigenvalue weighted by atomic mass is 9.89. The van der Waals surface area contributed by atoms with Crippen LogP contribution in [-0.4, -0.2) is 42.2 Å². The summed E-state index contributed by atoms with van der Waals surface area (Å²) >= 11 is 0. The normalized spacial score (nSPS) is 24.4. The van der Waals surface area contributed by atoms with Crippen LogP contribution in [0.25, 0.3) is 0 Å². The summed E-state index contributed by atoms with van der Waals surface area (Å²) in [5, 5.41) is 13.8. The monoisotopic (exact) mass is 344 g/mol. The number of nitrogens with zero attached hydrogens (tertiary/aromatic N) is 1. The van der Waals surface area contributed by atoms with Gasteiger partial charge in [0.25, 0.3) is 0 Å². The molecule has 0 spiro atoms. The minimum atomic E-state index is -0.292. The van der Waals surface area contributed by atoms with E-state index in [4.69, 9.17) is 0 Å². The van der Waals surface area contributed by atoms with E-state index in [9.17, 15) is 9.90 Å². The van der Waals surface area contributed by atoms with E-state index < -0.39 is 0 Å². The van der Waals surface area contributed by atoms with Crippen LogP contribution in [0.15, 0.2) is 24.3 Å². The number of aryl methyl sites for hydroxylation is 1. The fraction of sp³-hybridized carbons (Fsp3) is 0.667. The number of nitrogens with one attached hydrogen (secondary N) is 1. The van der Waals surface area contributed by atoms with Gasteiger partial charge in [-0.1, -0.05) is 45.0 Å². The van der Waals surface area contributed by atoms with Gasteiger partial charge in [-0.2, -0.15) is 0 Å². The fourth-order valence-corrected chi connectivity index (χ4v) is 4.25. The van der Waals surface area contributed by atoms with E-state index in [0.717, 1.165) is 45.3 Å². The largest absolute Gasteiger partial charge is 0.394 e. The van der Waals surface area contributed by atoms with Crippen LogP contribution >= 0.6 is 0 Å². The van der Waals surface area contributed by atoms with Gasteiger partial charge < -0.3 is 15.3 Å². The molecular formula is C21H32N2O2. The van der Waals surface area contributed by atoms with E-state index >= 15 is 0 Å². The van der Waals surface area contributed by atoms with Crippen LogP contribution in [0.1, 0.15) is 51.2 Å². The van der Waals surface area contributed by atoms with E-state index in [2.05, 4.69) is 29.6 Å². The zero-order valence-electron chi connectivity index (χ0n) is 15.8. The summed E-state index contributed by atoms with van der Waals surface area (Å²) in [6.45, 7) is 8.73. The minimum Gasteiger partial charge on any atom is -0.394 e. The van der Waals surface area contributed by atoms with Crippen molar-refractivity contribution in [2.75, 3.05) is 26.2 Å². The van der Waals surface area contributed by atoms with Gasteiger partial charge in [0.1, 0.15) is 0 Å². The number of carbonyl (C=O) groups excluding carboxylic acids is 1. The molecular weight excluding hydrogens is 312 g/mol. The third kappa shape index (κ3) is 3.75. The zero-order valence-corrected chi connectivity index (χ0v) is 15.8. The Balaban J connectivity index is 1.56. The molecule has 0 unspecified atom stereocenters. The lowest BCUT2D eigenvalue weighted by Gasteiger charge is -2.37. The van der Waals surface area contributed by atoms with E-state index in [0.29, 0.717) is 5.92 Å². The van der Waals surface area contributed by atoms with Gasteiger partial charge in [0.2, 0.25) is 5.91 Å². The van der Waals surface area contributed by atoms with Crippen molar-refractivity contribution >= 4 is 5.91 Å². The van der Waals surface area contributed by atoms with Crippen LogP contribution in [0.2, 0.25) is 0 Å². The van der Waals surface area contributed by atoms with Crippen LogP contribution in [-0.2, 0) is 16.8 Å². The molecule has 2 N–H and O–H groups in total. The molecule has 1 atom stereocenters. The maximum Gasteiger partial charge on any atom is 0.227 e. The molecule has 1 saturated heterocycles. The number of aliphatic hydroxyl groups is 1. The van der Waals surface area contributed by atoms with E-state index in [-0.39, 0.29) is 23.5 Å². The maximum atomic E-state index is 12.4. The Labute approximate surface area is 151 Å². The second kappa shape index (κ2) is 7.08. The van der Waals surface area contributed by atoms with Gasteiger partial charge in [-0.05, 0) is 49.3 Å². The highest BCUT2D eigenvalue weighted by Gasteiger charge is 2.38. The number of hydrogen-bond acceptors (Lipinski definition) is 3. The first-order valence-electron chi connectivity index (χ1n) is 9.59. The minimum absolute atomic E-state index is 0.144. The quantitative estimate of drug-likeness (QED) is 0.883. The van der Waals surface area contributed by atoms with Crippen LogP contribution < -0.4 is 5.32 Å². The molecule has 1 aromatic carbocycles. The van der Waals surface area contributed by atoms with Gasteiger partial charge in [0.15, 0.2) is 0 Å². The number of likely N-dealkylation sites (tertiary alicyclic amines) is 1. The second-order valence-corrected chi connectivity index (χ2v) is 8.76. The van der Waals surface area contributed by atoms with Crippen LogP contribution in [0.5, 0.6) is 0 Å². The van der Waals surface area contributed by atoms with Crippen molar-refractivity contribution in [3.8, 4) is 0 Å². The number of carbonyl (C=O) groups is 1. The van der Waals surface area contributed by atoms with Gasteiger partial charge in [-0.25, -0.2) is 0 Å². The molecule has 1 aliphatic heterocycles. The Morgan fingerprint density at radius 3 is 2.60 bits per heavy atom. The first-order chi connectivity index (χ1) is 11.9. The van der Waals surface area contributed by atoms with Crippen molar-refractivity contribution in [1.29, 1.82) is 0 Å². The Kier molecular flexibility index (Phi) is 5.21.